The van der Waals surface area contributed by atoms with Crippen molar-refractivity contribution >= 4 is 45.9 Å². The monoisotopic (exact) mass is 279 g/mol. The van der Waals surface area contributed by atoms with Crippen LogP contribution < -0.4 is 10.6 Å². The summed E-state index contributed by atoms with van der Waals surface area (Å²) in [4.78, 5) is 22.2. The molecule has 0 saturated carbocycles. The Labute approximate surface area is 113 Å². The molecule has 1 aromatic heterocycles. The molecule has 0 saturated heterocycles. The van der Waals surface area contributed by atoms with Crippen LogP contribution in [-0.4, -0.2) is 12.3 Å². The summed E-state index contributed by atoms with van der Waals surface area (Å²) in [5, 5.41) is 7.86. The lowest BCUT2D eigenvalue weighted by molar-refractivity contribution is 0.102. The van der Waals surface area contributed by atoms with Crippen molar-refractivity contribution in [1.29, 1.82) is 0 Å². The Morgan fingerprint density at radius 1 is 1.22 bits per heavy atom. The summed E-state index contributed by atoms with van der Waals surface area (Å²) in [5.74, 6) is -0.295. The number of hydrogen-bond acceptors (Lipinski definition) is 3. The number of hydrogen-bond donors (Lipinski definition) is 2. The molecule has 6 heteroatoms. The molecule has 2 N–H and O–H groups in total. The van der Waals surface area contributed by atoms with E-state index in [0.717, 1.165) is 0 Å². The van der Waals surface area contributed by atoms with E-state index in [9.17, 15) is 9.59 Å². The molecule has 91 valence electrons. The maximum atomic E-state index is 11.9. The van der Waals surface area contributed by atoms with Gasteiger partial charge in [-0.3, -0.25) is 9.59 Å². The summed E-state index contributed by atoms with van der Waals surface area (Å²) >= 11 is 7.01. The molecule has 0 aliphatic rings. The fraction of sp³-hybridized carbons (Fsp3) is 0. The second-order valence-electron chi connectivity index (χ2n) is 3.35. The Hall–Kier alpha value is -1.85. The van der Waals surface area contributed by atoms with E-state index in [2.05, 4.69) is 10.6 Å². The first-order chi connectivity index (χ1) is 8.70. The van der Waals surface area contributed by atoms with E-state index in [0.29, 0.717) is 21.3 Å². The van der Waals surface area contributed by atoms with E-state index in [-0.39, 0.29) is 5.91 Å². The van der Waals surface area contributed by atoms with Crippen molar-refractivity contribution in [3.05, 3.63) is 46.3 Å². The fourth-order valence-corrected chi connectivity index (χ4v) is 2.22. The van der Waals surface area contributed by atoms with Gasteiger partial charge in [-0.25, -0.2) is 0 Å². The molecule has 1 aromatic carbocycles. The second-order valence-corrected chi connectivity index (χ2v) is 4.70. The quantitative estimate of drug-likeness (QED) is 0.845. The minimum Gasteiger partial charge on any atom is -0.322 e. The van der Waals surface area contributed by atoms with E-state index in [4.69, 9.17) is 11.6 Å². The molecule has 2 amide bonds. The molecule has 0 aliphatic carbocycles. The van der Waals surface area contributed by atoms with Gasteiger partial charge in [0, 0.05) is 10.7 Å². The van der Waals surface area contributed by atoms with E-state index >= 15 is 0 Å². The smallest absolute Gasteiger partial charge is 0.314 e. The van der Waals surface area contributed by atoms with Gasteiger partial charge in [0.25, 0.3) is 5.91 Å². The molecule has 0 unspecified atom stereocenters. The van der Waals surface area contributed by atoms with Gasteiger partial charge in [0.15, 0.2) is 0 Å². The molecule has 0 atom stereocenters. The zero-order chi connectivity index (χ0) is 13.0. The molecule has 1 radical (unpaired) electrons. The van der Waals surface area contributed by atoms with Crippen LogP contribution in [0, 0.1) is 0 Å². The van der Waals surface area contributed by atoms with Gasteiger partial charge in [-0.2, -0.15) is 0 Å². The number of thiophene rings is 1. The van der Waals surface area contributed by atoms with Crippen molar-refractivity contribution < 1.29 is 9.59 Å². The molecule has 4 nitrogen and oxygen atoms in total. The zero-order valence-corrected chi connectivity index (χ0v) is 10.6. The third-order valence-corrected chi connectivity index (χ3v) is 3.26. The van der Waals surface area contributed by atoms with Gasteiger partial charge >= 0.3 is 6.41 Å². The summed E-state index contributed by atoms with van der Waals surface area (Å²) in [6, 6.07) is 8.40. The SMILES string of the molecule is O=[C]Nc1sccc1C(=O)Nc1ccc(Cl)cc1. The number of anilines is 2. The summed E-state index contributed by atoms with van der Waals surface area (Å²) < 4.78 is 0. The third-order valence-electron chi connectivity index (χ3n) is 2.18. The van der Waals surface area contributed by atoms with Crippen molar-refractivity contribution in [2.75, 3.05) is 10.6 Å². The van der Waals surface area contributed by atoms with E-state index < -0.39 is 0 Å². The van der Waals surface area contributed by atoms with Crippen LogP contribution in [0.3, 0.4) is 0 Å². The second kappa shape index (κ2) is 5.66. The highest BCUT2D eigenvalue weighted by atomic mass is 35.5. The number of nitrogens with one attached hydrogen (secondary N) is 2. The molecule has 1 heterocycles. The molecule has 0 spiro atoms. The standard InChI is InChI=1S/C12H8ClN2O2S/c13-8-1-3-9(4-2-8)15-11(17)10-5-6-18-12(10)14-7-16/h1-6H,(H,14,16)(H,15,17). The van der Waals surface area contributed by atoms with Gasteiger partial charge in [0.2, 0.25) is 0 Å². The van der Waals surface area contributed by atoms with Gasteiger partial charge in [-0.1, -0.05) is 11.6 Å². The average molecular weight is 280 g/mol. The van der Waals surface area contributed by atoms with E-state index in [1.54, 1.807) is 42.1 Å². The highest BCUT2D eigenvalue weighted by Crippen LogP contribution is 2.24. The summed E-state index contributed by atoms with van der Waals surface area (Å²) in [6.07, 6.45) is 1.55. The van der Waals surface area contributed by atoms with Crippen LogP contribution in [0.1, 0.15) is 10.4 Å². The minimum absolute atomic E-state index is 0.295. The van der Waals surface area contributed by atoms with Gasteiger partial charge in [-0.15, -0.1) is 11.3 Å². The topological polar surface area (TPSA) is 58.2 Å². The van der Waals surface area contributed by atoms with Crippen LogP contribution >= 0.6 is 22.9 Å². The first kappa shape index (κ1) is 12.6. The van der Waals surface area contributed by atoms with Crippen LogP contribution in [0.15, 0.2) is 35.7 Å². The number of carbonyl (C=O) groups excluding carboxylic acids is 2. The van der Waals surface area contributed by atoms with Crippen molar-refractivity contribution in [3.63, 3.8) is 0 Å². The van der Waals surface area contributed by atoms with Gasteiger partial charge in [0.1, 0.15) is 5.00 Å². The number of rotatable bonds is 4. The van der Waals surface area contributed by atoms with Crippen LogP contribution in [-0.2, 0) is 4.79 Å². The lowest BCUT2D eigenvalue weighted by Crippen LogP contribution is -2.12. The fourth-order valence-electron chi connectivity index (χ4n) is 1.36. The highest BCUT2D eigenvalue weighted by Gasteiger charge is 2.12. The highest BCUT2D eigenvalue weighted by molar-refractivity contribution is 7.14. The Kier molecular flexibility index (Phi) is 3.96. The zero-order valence-electron chi connectivity index (χ0n) is 9.07. The maximum Gasteiger partial charge on any atom is 0.314 e. The van der Waals surface area contributed by atoms with Crippen molar-refractivity contribution in [1.82, 2.24) is 0 Å². The van der Waals surface area contributed by atoms with Gasteiger partial charge < -0.3 is 10.6 Å². The van der Waals surface area contributed by atoms with Crippen LogP contribution in [0.4, 0.5) is 10.7 Å². The first-order valence-electron chi connectivity index (χ1n) is 4.98. The van der Waals surface area contributed by atoms with Gasteiger partial charge in [-0.05, 0) is 35.7 Å². The molecule has 2 aromatic rings. The van der Waals surface area contributed by atoms with Crippen LogP contribution in [0.25, 0.3) is 0 Å². The number of halogens is 1. The van der Waals surface area contributed by atoms with E-state index in [1.807, 2.05) is 0 Å². The predicted octanol–water partition coefficient (Wildman–Crippen LogP) is 3.13. The Morgan fingerprint density at radius 3 is 2.61 bits per heavy atom. The van der Waals surface area contributed by atoms with Crippen LogP contribution in [0.5, 0.6) is 0 Å². The predicted molar refractivity (Wildman–Crippen MR) is 73.0 cm³/mol. The van der Waals surface area contributed by atoms with Crippen molar-refractivity contribution in [3.8, 4) is 0 Å². The molecule has 0 fully saturated rings. The molecular weight excluding hydrogens is 272 g/mol. The summed E-state index contributed by atoms with van der Waals surface area (Å²) in [7, 11) is 0. The van der Waals surface area contributed by atoms with Gasteiger partial charge in [0.05, 0.1) is 5.56 Å². The van der Waals surface area contributed by atoms with Crippen molar-refractivity contribution in [2.45, 2.75) is 0 Å². The number of carbonyl (C=O) groups is 1. The molecule has 0 bridgehead atoms. The molecule has 18 heavy (non-hydrogen) atoms. The minimum atomic E-state index is -0.295. The normalized spacial score (nSPS) is 9.83. The Bertz CT molecular complexity index is 566. The first-order valence-corrected chi connectivity index (χ1v) is 6.24. The average Bonchev–Trinajstić information content (AvgIpc) is 2.81. The summed E-state index contributed by atoms with van der Waals surface area (Å²) in [5.41, 5.74) is 1.04. The lowest BCUT2D eigenvalue weighted by atomic mass is 10.2. The lowest BCUT2D eigenvalue weighted by Gasteiger charge is -2.05. The number of amides is 2. The largest absolute Gasteiger partial charge is 0.322 e. The Balaban J connectivity index is 2.14. The van der Waals surface area contributed by atoms with Crippen LogP contribution in [0.2, 0.25) is 5.02 Å². The maximum absolute atomic E-state index is 11.9. The summed E-state index contributed by atoms with van der Waals surface area (Å²) in [6.45, 7) is 0. The third kappa shape index (κ3) is 2.88. The molecular formula is C12H8ClN2O2S. The molecule has 0 aliphatic heterocycles. The van der Waals surface area contributed by atoms with Crippen molar-refractivity contribution in [2.24, 2.45) is 0 Å². The Morgan fingerprint density at radius 2 is 1.94 bits per heavy atom. The number of benzene rings is 1. The van der Waals surface area contributed by atoms with E-state index in [1.165, 1.54) is 11.3 Å². The molecule has 2 rings (SSSR count).